The summed E-state index contributed by atoms with van der Waals surface area (Å²) in [5.74, 6) is 0.861. The van der Waals surface area contributed by atoms with Gasteiger partial charge in [0.25, 0.3) is 0 Å². The summed E-state index contributed by atoms with van der Waals surface area (Å²) in [4.78, 5) is 24.3. The number of aromatic nitrogens is 2. The van der Waals surface area contributed by atoms with Gasteiger partial charge in [-0.1, -0.05) is 0 Å². The number of urea groups is 1. The number of nitrogens with zero attached hydrogens (tertiary/aromatic N) is 4. The summed E-state index contributed by atoms with van der Waals surface area (Å²) in [5.41, 5.74) is 0. The summed E-state index contributed by atoms with van der Waals surface area (Å²) < 4.78 is 5.01. The first kappa shape index (κ1) is 14.5. The molecule has 2 amide bonds. The summed E-state index contributed by atoms with van der Waals surface area (Å²) in [5, 5.41) is 2.92. The van der Waals surface area contributed by atoms with E-state index in [-0.39, 0.29) is 12.1 Å². The summed E-state index contributed by atoms with van der Waals surface area (Å²) in [6.07, 6.45) is 5.08. The molecular weight excluding hydrogens is 258 g/mol. The Morgan fingerprint density at radius 2 is 2.15 bits per heavy atom. The third kappa shape index (κ3) is 3.80. The van der Waals surface area contributed by atoms with Gasteiger partial charge in [0.05, 0.1) is 18.8 Å². The van der Waals surface area contributed by atoms with Crippen molar-refractivity contribution in [3.63, 3.8) is 0 Å². The van der Waals surface area contributed by atoms with Crippen LogP contribution in [-0.2, 0) is 4.74 Å². The SMILES string of the molecule is COCC(C)NC(=O)N1CCN(c2cnccn2)CC1. The first-order valence-corrected chi connectivity index (χ1v) is 6.76. The smallest absolute Gasteiger partial charge is 0.317 e. The molecule has 0 saturated carbocycles. The van der Waals surface area contributed by atoms with E-state index in [1.54, 1.807) is 25.7 Å². The van der Waals surface area contributed by atoms with E-state index < -0.39 is 0 Å². The fraction of sp³-hybridized carbons (Fsp3) is 0.615. The number of nitrogens with one attached hydrogen (secondary N) is 1. The average Bonchev–Trinajstić information content (AvgIpc) is 2.48. The Bertz CT molecular complexity index is 420. The zero-order valence-electron chi connectivity index (χ0n) is 12.0. The highest BCUT2D eigenvalue weighted by Gasteiger charge is 2.22. The van der Waals surface area contributed by atoms with Gasteiger partial charge in [0.2, 0.25) is 0 Å². The van der Waals surface area contributed by atoms with Crippen molar-refractivity contribution in [2.45, 2.75) is 13.0 Å². The van der Waals surface area contributed by atoms with Gasteiger partial charge in [-0.2, -0.15) is 0 Å². The van der Waals surface area contributed by atoms with Gasteiger partial charge in [-0.15, -0.1) is 0 Å². The Labute approximate surface area is 118 Å². The molecule has 2 heterocycles. The molecule has 0 aromatic carbocycles. The topological polar surface area (TPSA) is 70.6 Å². The Morgan fingerprint density at radius 1 is 1.40 bits per heavy atom. The fourth-order valence-corrected chi connectivity index (χ4v) is 2.19. The lowest BCUT2D eigenvalue weighted by molar-refractivity contribution is 0.158. The molecule has 1 saturated heterocycles. The van der Waals surface area contributed by atoms with Crippen LogP contribution >= 0.6 is 0 Å². The number of methoxy groups -OCH3 is 1. The van der Waals surface area contributed by atoms with Crippen molar-refractivity contribution in [3.05, 3.63) is 18.6 Å². The number of carbonyl (C=O) groups excluding carboxylic acids is 1. The highest BCUT2D eigenvalue weighted by molar-refractivity contribution is 5.74. The molecular formula is C13H21N5O2. The van der Waals surface area contributed by atoms with Crippen molar-refractivity contribution in [1.82, 2.24) is 20.2 Å². The number of piperazine rings is 1. The maximum Gasteiger partial charge on any atom is 0.317 e. The lowest BCUT2D eigenvalue weighted by atomic mass is 10.3. The monoisotopic (exact) mass is 279 g/mol. The number of ether oxygens (including phenoxy) is 1. The van der Waals surface area contributed by atoms with Crippen LogP contribution in [0.2, 0.25) is 0 Å². The van der Waals surface area contributed by atoms with Gasteiger partial charge in [-0.25, -0.2) is 9.78 Å². The third-order valence-corrected chi connectivity index (χ3v) is 3.23. The second-order valence-corrected chi connectivity index (χ2v) is 4.84. The maximum atomic E-state index is 12.0. The van der Waals surface area contributed by atoms with E-state index in [2.05, 4.69) is 20.2 Å². The Kier molecular flexibility index (Phi) is 5.11. The Morgan fingerprint density at radius 3 is 2.75 bits per heavy atom. The van der Waals surface area contributed by atoms with Gasteiger partial charge in [-0.05, 0) is 6.92 Å². The highest BCUT2D eigenvalue weighted by atomic mass is 16.5. The molecule has 7 nitrogen and oxygen atoms in total. The van der Waals surface area contributed by atoms with E-state index in [0.717, 1.165) is 18.9 Å². The molecule has 1 aromatic heterocycles. The van der Waals surface area contributed by atoms with Crippen LogP contribution in [0.25, 0.3) is 0 Å². The molecule has 110 valence electrons. The van der Waals surface area contributed by atoms with Gasteiger partial charge in [0.15, 0.2) is 0 Å². The summed E-state index contributed by atoms with van der Waals surface area (Å²) in [6.45, 7) is 5.35. The first-order chi connectivity index (χ1) is 9.70. The number of hydrogen-bond donors (Lipinski definition) is 1. The predicted molar refractivity (Wildman–Crippen MR) is 75.7 cm³/mol. The van der Waals surface area contributed by atoms with Crippen LogP contribution in [-0.4, -0.2) is 66.8 Å². The minimum atomic E-state index is -0.0339. The van der Waals surface area contributed by atoms with Crippen LogP contribution in [0, 0.1) is 0 Å². The van der Waals surface area contributed by atoms with Crippen LogP contribution in [0.15, 0.2) is 18.6 Å². The largest absolute Gasteiger partial charge is 0.383 e. The summed E-state index contributed by atoms with van der Waals surface area (Å²) in [6, 6.07) is -0.0149. The van der Waals surface area contributed by atoms with E-state index in [1.807, 2.05) is 11.8 Å². The van der Waals surface area contributed by atoms with Crippen LogP contribution < -0.4 is 10.2 Å². The van der Waals surface area contributed by atoms with Crippen LogP contribution in [0.5, 0.6) is 0 Å². The van der Waals surface area contributed by atoms with Gasteiger partial charge in [0, 0.05) is 45.7 Å². The van der Waals surface area contributed by atoms with Crippen molar-refractivity contribution in [3.8, 4) is 0 Å². The molecule has 1 N–H and O–H groups in total. The molecule has 20 heavy (non-hydrogen) atoms. The Hall–Kier alpha value is -1.89. The zero-order valence-corrected chi connectivity index (χ0v) is 12.0. The fourth-order valence-electron chi connectivity index (χ4n) is 2.19. The quantitative estimate of drug-likeness (QED) is 0.861. The third-order valence-electron chi connectivity index (χ3n) is 3.23. The molecule has 1 unspecified atom stereocenters. The van der Waals surface area contributed by atoms with Crippen molar-refractivity contribution >= 4 is 11.8 Å². The minimum Gasteiger partial charge on any atom is -0.383 e. The van der Waals surface area contributed by atoms with Crippen LogP contribution in [0.3, 0.4) is 0 Å². The summed E-state index contributed by atoms with van der Waals surface area (Å²) >= 11 is 0. The normalized spacial score (nSPS) is 16.9. The molecule has 1 aromatic rings. The second kappa shape index (κ2) is 7.04. The second-order valence-electron chi connectivity index (χ2n) is 4.84. The summed E-state index contributed by atoms with van der Waals surface area (Å²) in [7, 11) is 1.63. The first-order valence-electron chi connectivity index (χ1n) is 6.76. The molecule has 1 atom stereocenters. The zero-order chi connectivity index (χ0) is 14.4. The molecule has 0 spiro atoms. The molecule has 2 rings (SSSR count). The molecule has 1 aliphatic heterocycles. The Balaban J connectivity index is 1.80. The molecule has 0 aliphatic carbocycles. The molecule has 0 bridgehead atoms. The number of amides is 2. The standard InChI is InChI=1S/C13H21N5O2/c1-11(10-20-2)16-13(19)18-7-5-17(6-8-18)12-9-14-3-4-15-12/h3-4,9,11H,5-8,10H2,1-2H3,(H,16,19). The van der Waals surface area contributed by atoms with Crippen molar-refractivity contribution in [1.29, 1.82) is 0 Å². The number of rotatable bonds is 4. The van der Waals surface area contributed by atoms with E-state index in [1.165, 1.54) is 0 Å². The van der Waals surface area contributed by atoms with Gasteiger partial charge in [-0.3, -0.25) is 4.98 Å². The lowest BCUT2D eigenvalue weighted by Crippen LogP contribution is -2.53. The van der Waals surface area contributed by atoms with Gasteiger partial charge >= 0.3 is 6.03 Å². The van der Waals surface area contributed by atoms with Gasteiger partial charge in [0.1, 0.15) is 5.82 Å². The van der Waals surface area contributed by atoms with Crippen molar-refractivity contribution < 1.29 is 9.53 Å². The average molecular weight is 279 g/mol. The van der Waals surface area contributed by atoms with E-state index in [9.17, 15) is 4.79 Å². The lowest BCUT2D eigenvalue weighted by Gasteiger charge is -2.35. The molecule has 1 aliphatic rings. The molecule has 0 radical (unpaired) electrons. The van der Waals surface area contributed by atoms with Crippen LogP contribution in [0.1, 0.15) is 6.92 Å². The van der Waals surface area contributed by atoms with E-state index >= 15 is 0 Å². The van der Waals surface area contributed by atoms with E-state index in [4.69, 9.17) is 4.74 Å². The highest BCUT2D eigenvalue weighted by Crippen LogP contribution is 2.11. The van der Waals surface area contributed by atoms with E-state index in [0.29, 0.717) is 19.7 Å². The van der Waals surface area contributed by atoms with Crippen molar-refractivity contribution in [2.24, 2.45) is 0 Å². The number of carbonyl (C=O) groups is 1. The van der Waals surface area contributed by atoms with Crippen LogP contribution in [0.4, 0.5) is 10.6 Å². The molecule has 1 fully saturated rings. The van der Waals surface area contributed by atoms with Crippen molar-refractivity contribution in [2.75, 3.05) is 44.8 Å². The predicted octanol–water partition coefficient (Wildman–Crippen LogP) is 0.343. The molecule has 7 heteroatoms. The van der Waals surface area contributed by atoms with Gasteiger partial charge < -0.3 is 19.9 Å². The number of hydrogen-bond acceptors (Lipinski definition) is 5. The number of anilines is 1. The maximum absolute atomic E-state index is 12.0. The minimum absolute atomic E-state index is 0.0190.